The molecule has 0 aliphatic carbocycles. The maximum Gasteiger partial charge on any atom is 0.0955 e. The highest BCUT2D eigenvalue weighted by atomic mass is 16.5. The Hall–Kier alpha value is -0.860. The van der Waals surface area contributed by atoms with Crippen LogP contribution in [0.5, 0.6) is 0 Å². The zero-order chi connectivity index (χ0) is 11.3. The number of likely N-dealkylation sites (N-methyl/N-ethyl adjacent to an activating group) is 1. The van der Waals surface area contributed by atoms with Gasteiger partial charge in [0.1, 0.15) is 0 Å². The van der Waals surface area contributed by atoms with Crippen LogP contribution in [-0.4, -0.2) is 19.7 Å². The fourth-order valence-corrected chi connectivity index (χ4v) is 1.69. The van der Waals surface area contributed by atoms with Gasteiger partial charge in [0.25, 0.3) is 0 Å². The molecule has 0 aliphatic rings. The lowest BCUT2D eigenvalue weighted by Crippen LogP contribution is -2.22. The largest absolute Gasteiger partial charge is 0.370 e. The highest BCUT2D eigenvalue weighted by Crippen LogP contribution is 2.21. The molecule has 1 rings (SSSR count). The Morgan fingerprint density at radius 3 is 2.47 bits per heavy atom. The molecule has 0 amide bonds. The smallest absolute Gasteiger partial charge is 0.0955 e. The molecule has 0 fully saturated rings. The first kappa shape index (κ1) is 12.2. The predicted molar refractivity (Wildman–Crippen MR) is 64.1 cm³/mol. The minimum Gasteiger partial charge on any atom is -0.370 e. The highest BCUT2D eigenvalue weighted by molar-refractivity contribution is 5.28. The predicted octanol–water partition coefficient (Wildman–Crippen LogP) is 2.68. The number of hydrogen-bond donors (Lipinski definition) is 1. The summed E-state index contributed by atoms with van der Waals surface area (Å²) in [5, 5.41) is 3.17. The van der Waals surface area contributed by atoms with E-state index < -0.39 is 0 Å². The molecule has 84 valence electrons. The van der Waals surface area contributed by atoms with Crippen LogP contribution < -0.4 is 5.32 Å². The van der Waals surface area contributed by atoms with Gasteiger partial charge >= 0.3 is 0 Å². The second-order valence-corrected chi connectivity index (χ2v) is 4.09. The minimum atomic E-state index is 0.149. The van der Waals surface area contributed by atoms with Gasteiger partial charge in [0.2, 0.25) is 0 Å². The number of rotatable bonds is 5. The van der Waals surface area contributed by atoms with Crippen molar-refractivity contribution in [3.05, 3.63) is 35.4 Å². The van der Waals surface area contributed by atoms with E-state index in [0.717, 1.165) is 6.54 Å². The lowest BCUT2D eigenvalue weighted by atomic mass is 10.0. The maximum atomic E-state index is 5.90. The summed E-state index contributed by atoms with van der Waals surface area (Å²) < 4.78 is 5.90. The molecular formula is C13H21NO. The SMILES string of the molecule is CNC[C@H](OC(C)C)c1ccccc1C. The van der Waals surface area contributed by atoms with Crippen LogP contribution in [0.15, 0.2) is 24.3 Å². The Labute approximate surface area is 92.6 Å². The van der Waals surface area contributed by atoms with Crippen molar-refractivity contribution >= 4 is 0 Å². The fourth-order valence-electron chi connectivity index (χ4n) is 1.69. The second kappa shape index (κ2) is 5.89. The normalized spacial score (nSPS) is 13.1. The molecule has 0 spiro atoms. The number of hydrogen-bond acceptors (Lipinski definition) is 2. The monoisotopic (exact) mass is 207 g/mol. The van der Waals surface area contributed by atoms with E-state index in [2.05, 4.69) is 50.4 Å². The van der Waals surface area contributed by atoms with Crippen molar-refractivity contribution in [1.29, 1.82) is 0 Å². The van der Waals surface area contributed by atoms with Gasteiger partial charge in [0.15, 0.2) is 0 Å². The lowest BCUT2D eigenvalue weighted by Gasteiger charge is -2.22. The summed E-state index contributed by atoms with van der Waals surface area (Å²) >= 11 is 0. The lowest BCUT2D eigenvalue weighted by molar-refractivity contribution is 0.00781. The van der Waals surface area contributed by atoms with E-state index >= 15 is 0 Å². The van der Waals surface area contributed by atoms with Crippen LogP contribution in [0.3, 0.4) is 0 Å². The number of nitrogens with one attached hydrogen (secondary N) is 1. The molecule has 0 aromatic heterocycles. The summed E-state index contributed by atoms with van der Waals surface area (Å²) in [6, 6.07) is 8.39. The van der Waals surface area contributed by atoms with Crippen molar-refractivity contribution in [1.82, 2.24) is 5.32 Å². The van der Waals surface area contributed by atoms with Crippen molar-refractivity contribution < 1.29 is 4.74 Å². The van der Waals surface area contributed by atoms with E-state index in [4.69, 9.17) is 4.74 Å². The molecule has 0 heterocycles. The Morgan fingerprint density at radius 2 is 1.93 bits per heavy atom. The van der Waals surface area contributed by atoms with Gasteiger partial charge < -0.3 is 10.1 Å². The Balaban J connectivity index is 2.83. The molecule has 0 radical (unpaired) electrons. The summed E-state index contributed by atoms with van der Waals surface area (Å²) in [6.07, 6.45) is 0.402. The van der Waals surface area contributed by atoms with Gasteiger partial charge in [-0.3, -0.25) is 0 Å². The topological polar surface area (TPSA) is 21.3 Å². The van der Waals surface area contributed by atoms with Gasteiger partial charge in [-0.05, 0) is 38.9 Å². The van der Waals surface area contributed by atoms with E-state index in [9.17, 15) is 0 Å². The van der Waals surface area contributed by atoms with Crippen molar-refractivity contribution in [3.8, 4) is 0 Å². The van der Waals surface area contributed by atoms with Crippen LogP contribution in [0.2, 0.25) is 0 Å². The molecule has 2 nitrogen and oxygen atoms in total. The average Bonchev–Trinajstić information content (AvgIpc) is 2.17. The minimum absolute atomic E-state index is 0.149. The van der Waals surface area contributed by atoms with Gasteiger partial charge in [-0.25, -0.2) is 0 Å². The molecular weight excluding hydrogens is 186 g/mol. The second-order valence-electron chi connectivity index (χ2n) is 4.09. The molecule has 0 bridgehead atoms. The molecule has 0 aliphatic heterocycles. The van der Waals surface area contributed by atoms with E-state index in [1.165, 1.54) is 11.1 Å². The van der Waals surface area contributed by atoms with Crippen LogP contribution in [0, 0.1) is 6.92 Å². The van der Waals surface area contributed by atoms with E-state index in [0.29, 0.717) is 0 Å². The van der Waals surface area contributed by atoms with E-state index in [1.54, 1.807) is 0 Å². The fraction of sp³-hybridized carbons (Fsp3) is 0.538. The zero-order valence-electron chi connectivity index (χ0n) is 10.1. The van der Waals surface area contributed by atoms with Gasteiger partial charge in [0, 0.05) is 6.54 Å². The van der Waals surface area contributed by atoms with Crippen molar-refractivity contribution in [2.75, 3.05) is 13.6 Å². The van der Waals surface area contributed by atoms with Crippen LogP contribution in [0.25, 0.3) is 0 Å². The molecule has 0 saturated heterocycles. The molecule has 1 aromatic rings. The summed E-state index contributed by atoms with van der Waals surface area (Å²) in [6.45, 7) is 7.12. The van der Waals surface area contributed by atoms with Crippen LogP contribution in [0.4, 0.5) is 0 Å². The quantitative estimate of drug-likeness (QED) is 0.801. The van der Waals surface area contributed by atoms with Gasteiger partial charge in [0.05, 0.1) is 12.2 Å². The molecule has 15 heavy (non-hydrogen) atoms. The zero-order valence-corrected chi connectivity index (χ0v) is 10.1. The van der Waals surface area contributed by atoms with Crippen LogP contribution in [-0.2, 0) is 4.74 Å². The third kappa shape index (κ3) is 3.65. The third-order valence-corrected chi connectivity index (χ3v) is 2.36. The van der Waals surface area contributed by atoms with Gasteiger partial charge in [-0.1, -0.05) is 24.3 Å². The molecule has 2 heteroatoms. The average molecular weight is 207 g/mol. The third-order valence-electron chi connectivity index (χ3n) is 2.36. The Kier molecular flexibility index (Phi) is 4.79. The highest BCUT2D eigenvalue weighted by Gasteiger charge is 2.14. The first-order valence-corrected chi connectivity index (χ1v) is 5.50. The molecule has 0 saturated carbocycles. The van der Waals surface area contributed by atoms with E-state index in [-0.39, 0.29) is 12.2 Å². The van der Waals surface area contributed by atoms with E-state index in [1.807, 2.05) is 7.05 Å². The molecule has 0 unspecified atom stereocenters. The number of benzene rings is 1. The standard InChI is InChI=1S/C13H21NO/c1-10(2)15-13(9-14-4)12-8-6-5-7-11(12)3/h5-8,10,13-14H,9H2,1-4H3/t13-/m0/s1. The number of aryl methyl sites for hydroxylation is 1. The molecule has 1 N–H and O–H groups in total. The maximum absolute atomic E-state index is 5.90. The van der Waals surface area contributed by atoms with Gasteiger partial charge in [-0.2, -0.15) is 0 Å². The van der Waals surface area contributed by atoms with Crippen LogP contribution in [0.1, 0.15) is 31.1 Å². The van der Waals surface area contributed by atoms with Gasteiger partial charge in [-0.15, -0.1) is 0 Å². The molecule has 1 aromatic carbocycles. The first-order chi connectivity index (χ1) is 7.15. The van der Waals surface area contributed by atoms with Crippen molar-refractivity contribution in [2.24, 2.45) is 0 Å². The van der Waals surface area contributed by atoms with Crippen molar-refractivity contribution in [2.45, 2.75) is 33.0 Å². The summed E-state index contributed by atoms with van der Waals surface area (Å²) in [7, 11) is 1.95. The summed E-state index contributed by atoms with van der Waals surface area (Å²) in [5.74, 6) is 0. The summed E-state index contributed by atoms with van der Waals surface area (Å²) in [5.41, 5.74) is 2.57. The summed E-state index contributed by atoms with van der Waals surface area (Å²) in [4.78, 5) is 0. The van der Waals surface area contributed by atoms with Crippen LogP contribution >= 0.6 is 0 Å². The number of ether oxygens (including phenoxy) is 1. The van der Waals surface area contributed by atoms with Crippen molar-refractivity contribution in [3.63, 3.8) is 0 Å². The molecule has 1 atom stereocenters. The Bertz CT molecular complexity index is 296. The Morgan fingerprint density at radius 1 is 1.27 bits per heavy atom. The first-order valence-electron chi connectivity index (χ1n) is 5.50.